The van der Waals surface area contributed by atoms with Crippen LogP contribution in [0.4, 0.5) is 11.4 Å². The normalized spacial score (nSPS) is 15.0. The Morgan fingerprint density at radius 3 is 2.82 bits per heavy atom. The fourth-order valence-electron chi connectivity index (χ4n) is 2.32. The predicted molar refractivity (Wildman–Crippen MR) is 87.2 cm³/mol. The van der Waals surface area contributed by atoms with E-state index in [1.165, 1.54) is 6.08 Å². The molecule has 1 aromatic carbocycles. The van der Waals surface area contributed by atoms with Gasteiger partial charge < -0.3 is 15.0 Å². The standard InChI is InChI=1S/C17H20N2O3/c1-3-4-5-7-16(20)18-13-9-10-15(22-2)14(12-13)19-11-6-8-17(19)21/h3-5,7,9-10,12H,6,8,11H2,1-2H3,(H,18,20)/b4-3+,7-5+. The van der Waals surface area contributed by atoms with Crippen LogP contribution < -0.4 is 15.0 Å². The fraction of sp³-hybridized carbons (Fsp3) is 0.294. The highest BCUT2D eigenvalue weighted by atomic mass is 16.5. The van der Waals surface area contributed by atoms with Gasteiger partial charge in [0.25, 0.3) is 0 Å². The highest BCUT2D eigenvalue weighted by Crippen LogP contribution is 2.33. The fourth-order valence-corrected chi connectivity index (χ4v) is 2.32. The summed E-state index contributed by atoms with van der Waals surface area (Å²) in [6.07, 6.45) is 8.13. The number of rotatable bonds is 5. The minimum atomic E-state index is -0.220. The topological polar surface area (TPSA) is 58.6 Å². The number of carbonyl (C=O) groups excluding carboxylic acids is 2. The van der Waals surface area contributed by atoms with E-state index >= 15 is 0 Å². The van der Waals surface area contributed by atoms with Crippen LogP contribution in [0, 0.1) is 0 Å². The Morgan fingerprint density at radius 1 is 1.36 bits per heavy atom. The first-order valence-corrected chi connectivity index (χ1v) is 7.24. The molecule has 5 nitrogen and oxygen atoms in total. The zero-order valence-electron chi connectivity index (χ0n) is 12.8. The van der Waals surface area contributed by atoms with Crippen molar-refractivity contribution in [3.63, 3.8) is 0 Å². The van der Waals surface area contributed by atoms with Crippen LogP contribution >= 0.6 is 0 Å². The third-order valence-corrected chi connectivity index (χ3v) is 3.36. The largest absolute Gasteiger partial charge is 0.495 e. The zero-order valence-corrected chi connectivity index (χ0v) is 12.8. The number of carbonyl (C=O) groups is 2. The Morgan fingerprint density at radius 2 is 2.18 bits per heavy atom. The number of benzene rings is 1. The van der Waals surface area contributed by atoms with E-state index in [4.69, 9.17) is 4.74 Å². The van der Waals surface area contributed by atoms with Crippen molar-refractivity contribution in [3.8, 4) is 5.75 Å². The number of allylic oxidation sites excluding steroid dienone is 3. The summed E-state index contributed by atoms with van der Waals surface area (Å²) in [7, 11) is 1.57. The summed E-state index contributed by atoms with van der Waals surface area (Å²) in [5, 5.41) is 2.78. The summed E-state index contributed by atoms with van der Waals surface area (Å²) in [6.45, 7) is 2.55. The quantitative estimate of drug-likeness (QED) is 0.672. The van der Waals surface area contributed by atoms with Crippen LogP contribution in [0.5, 0.6) is 5.75 Å². The molecule has 1 aliphatic heterocycles. The van der Waals surface area contributed by atoms with E-state index in [1.54, 1.807) is 42.4 Å². The van der Waals surface area contributed by atoms with Gasteiger partial charge in [0, 0.05) is 24.7 Å². The van der Waals surface area contributed by atoms with Gasteiger partial charge in [0.05, 0.1) is 12.8 Å². The first kappa shape index (κ1) is 15.8. The minimum Gasteiger partial charge on any atom is -0.495 e. The molecule has 0 bridgehead atoms. The van der Waals surface area contributed by atoms with E-state index < -0.39 is 0 Å². The average Bonchev–Trinajstić information content (AvgIpc) is 2.93. The van der Waals surface area contributed by atoms with Crippen LogP contribution in [0.3, 0.4) is 0 Å². The molecule has 0 aromatic heterocycles. The van der Waals surface area contributed by atoms with Crippen LogP contribution in [-0.2, 0) is 9.59 Å². The molecule has 1 heterocycles. The van der Waals surface area contributed by atoms with Crippen molar-refractivity contribution in [2.24, 2.45) is 0 Å². The van der Waals surface area contributed by atoms with Crippen LogP contribution in [0.2, 0.25) is 0 Å². The van der Waals surface area contributed by atoms with E-state index in [9.17, 15) is 9.59 Å². The molecular formula is C17H20N2O3. The molecule has 1 saturated heterocycles. The molecule has 5 heteroatoms. The van der Waals surface area contributed by atoms with Gasteiger partial charge in [-0.15, -0.1) is 0 Å². The van der Waals surface area contributed by atoms with Gasteiger partial charge >= 0.3 is 0 Å². The van der Waals surface area contributed by atoms with Crippen molar-refractivity contribution >= 4 is 23.2 Å². The monoisotopic (exact) mass is 300 g/mol. The maximum atomic E-state index is 11.9. The molecule has 1 aliphatic rings. The lowest BCUT2D eigenvalue weighted by molar-refractivity contribution is -0.117. The molecule has 0 saturated carbocycles. The van der Waals surface area contributed by atoms with Crippen molar-refractivity contribution in [3.05, 3.63) is 42.5 Å². The van der Waals surface area contributed by atoms with Crippen LogP contribution in [0.15, 0.2) is 42.5 Å². The van der Waals surface area contributed by atoms with Gasteiger partial charge in [-0.2, -0.15) is 0 Å². The van der Waals surface area contributed by atoms with Crippen LogP contribution in [-0.4, -0.2) is 25.5 Å². The predicted octanol–water partition coefficient (Wildman–Crippen LogP) is 2.89. The van der Waals surface area contributed by atoms with E-state index in [0.29, 0.717) is 30.1 Å². The number of nitrogens with zero attached hydrogens (tertiary/aromatic N) is 1. The summed E-state index contributed by atoms with van der Waals surface area (Å²) >= 11 is 0. The number of anilines is 2. The Bertz CT molecular complexity index is 620. The van der Waals surface area contributed by atoms with Crippen LogP contribution in [0.1, 0.15) is 19.8 Å². The van der Waals surface area contributed by atoms with E-state index in [0.717, 1.165) is 6.42 Å². The van der Waals surface area contributed by atoms with Gasteiger partial charge in [0.2, 0.25) is 11.8 Å². The van der Waals surface area contributed by atoms with Gasteiger partial charge in [0.15, 0.2) is 0 Å². The molecule has 116 valence electrons. The molecule has 0 spiro atoms. The van der Waals surface area contributed by atoms with Crippen molar-refractivity contribution in [1.29, 1.82) is 0 Å². The Balaban J connectivity index is 2.20. The van der Waals surface area contributed by atoms with Gasteiger partial charge in [-0.1, -0.05) is 18.2 Å². The molecule has 0 aliphatic carbocycles. The first-order chi connectivity index (χ1) is 10.7. The van der Waals surface area contributed by atoms with E-state index in [1.807, 2.05) is 13.0 Å². The first-order valence-electron chi connectivity index (χ1n) is 7.24. The number of ether oxygens (including phenoxy) is 1. The second-order valence-corrected chi connectivity index (χ2v) is 4.91. The number of nitrogens with one attached hydrogen (secondary N) is 1. The number of methoxy groups -OCH3 is 1. The van der Waals surface area contributed by atoms with Crippen molar-refractivity contribution in [2.75, 3.05) is 23.9 Å². The summed E-state index contributed by atoms with van der Waals surface area (Å²) in [5.74, 6) is 0.481. The molecule has 1 N–H and O–H groups in total. The van der Waals surface area contributed by atoms with Gasteiger partial charge in [-0.3, -0.25) is 9.59 Å². The molecule has 0 unspecified atom stereocenters. The average molecular weight is 300 g/mol. The molecular weight excluding hydrogens is 280 g/mol. The molecule has 1 fully saturated rings. The Kier molecular flexibility index (Phi) is 5.36. The van der Waals surface area contributed by atoms with Crippen molar-refractivity contribution in [2.45, 2.75) is 19.8 Å². The summed E-state index contributed by atoms with van der Waals surface area (Å²) in [5.41, 5.74) is 1.32. The lowest BCUT2D eigenvalue weighted by Gasteiger charge is -2.19. The van der Waals surface area contributed by atoms with E-state index in [2.05, 4.69) is 5.32 Å². The number of amides is 2. The summed E-state index contributed by atoms with van der Waals surface area (Å²) in [6, 6.07) is 5.28. The zero-order chi connectivity index (χ0) is 15.9. The number of hydrogen-bond donors (Lipinski definition) is 1. The highest BCUT2D eigenvalue weighted by Gasteiger charge is 2.24. The van der Waals surface area contributed by atoms with Gasteiger partial charge in [-0.05, 0) is 31.5 Å². The van der Waals surface area contributed by atoms with Crippen LogP contribution in [0.25, 0.3) is 0 Å². The summed E-state index contributed by atoms with van der Waals surface area (Å²) < 4.78 is 5.32. The Hall–Kier alpha value is -2.56. The third-order valence-electron chi connectivity index (χ3n) is 3.36. The second kappa shape index (κ2) is 7.45. The molecule has 2 rings (SSSR count). The third kappa shape index (κ3) is 3.75. The lowest BCUT2D eigenvalue weighted by Crippen LogP contribution is -2.24. The molecule has 22 heavy (non-hydrogen) atoms. The maximum Gasteiger partial charge on any atom is 0.248 e. The minimum absolute atomic E-state index is 0.0785. The maximum absolute atomic E-state index is 11.9. The van der Waals surface area contributed by atoms with Gasteiger partial charge in [-0.25, -0.2) is 0 Å². The van der Waals surface area contributed by atoms with Gasteiger partial charge in [0.1, 0.15) is 5.75 Å². The smallest absolute Gasteiger partial charge is 0.248 e. The highest BCUT2D eigenvalue weighted by molar-refractivity contribution is 6.01. The second-order valence-electron chi connectivity index (χ2n) is 4.91. The molecule has 0 radical (unpaired) electrons. The SMILES string of the molecule is C/C=C/C=C/C(=O)Nc1ccc(OC)c(N2CCCC2=O)c1. The van der Waals surface area contributed by atoms with Crippen molar-refractivity contribution in [1.82, 2.24) is 0 Å². The molecule has 2 amide bonds. The lowest BCUT2D eigenvalue weighted by atomic mass is 10.2. The van der Waals surface area contributed by atoms with E-state index in [-0.39, 0.29) is 11.8 Å². The molecule has 1 aromatic rings. The Labute approximate surface area is 130 Å². The molecule has 0 atom stereocenters. The summed E-state index contributed by atoms with van der Waals surface area (Å²) in [4.78, 5) is 25.4. The van der Waals surface area contributed by atoms with Crippen molar-refractivity contribution < 1.29 is 14.3 Å². The number of hydrogen-bond acceptors (Lipinski definition) is 3.